The minimum Gasteiger partial charge on any atom is -0.363 e. The Kier molecular flexibility index (Phi) is 5.94. The quantitative estimate of drug-likeness (QED) is 0.527. The summed E-state index contributed by atoms with van der Waals surface area (Å²) in [5.74, 6) is 1.62. The molecule has 1 saturated heterocycles. The van der Waals surface area contributed by atoms with E-state index in [2.05, 4.69) is 54.7 Å². The smallest absolute Gasteiger partial charge is 0.248 e. The van der Waals surface area contributed by atoms with Gasteiger partial charge < -0.3 is 15.5 Å². The van der Waals surface area contributed by atoms with Crippen LogP contribution in [0.1, 0.15) is 58.9 Å². The molecule has 30 heavy (non-hydrogen) atoms. The fourth-order valence-corrected chi connectivity index (χ4v) is 4.12. The third-order valence-electron chi connectivity index (χ3n) is 5.80. The van der Waals surface area contributed by atoms with Crippen molar-refractivity contribution in [3.8, 4) is 0 Å². The number of allylic oxidation sites excluding steroid dienone is 2. The lowest BCUT2D eigenvalue weighted by Crippen LogP contribution is -2.48. The van der Waals surface area contributed by atoms with Crippen LogP contribution in [0, 0.1) is 6.57 Å². The van der Waals surface area contributed by atoms with Crippen LogP contribution in [-0.4, -0.2) is 41.8 Å². The summed E-state index contributed by atoms with van der Waals surface area (Å²) in [5, 5.41) is 6.65. The van der Waals surface area contributed by atoms with E-state index in [1.807, 2.05) is 0 Å². The number of nitrogens with zero attached hydrogens (tertiary/aromatic N) is 3. The zero-order valence-electron chi connectivity index (χ0n) is 17.2. The van der Waals surface area contributed by atoms with E-state index in [9.17, 15) is 4.79 Å². The minimum absolute atomic E-state index is 0.0971. The molecule has 0 amide bonds. The molecular formula is C23H26N6O. The number of carbonyl (C=O) groups excluding carboxylic acids is 1. The molecule has 0 bridgehead atoms. The first-order valence-corrected chi connectivity index (χ1v) is 10.4. The van der Waals surface area contributed by atoms with Gasteiger partial charge in [0.15, 0.2) is 5.96 Å². The van der Waals surface area contributed by atoms with Gasteiger partial charge in [-0.1, -0.05) is 30.8 Å². The molecule has 0 unspecified atom stereocenters. The van der Waals surface area contributed by atoms with E-state index in [4.69, 9.17) is 6.57 Å². The van der Waals surface area contributed by atoms with E-state index in [-0.39, 0.29) is 23.8 Å². The second-order valence-corrected chi connectivity index (χ2v) is 7.75. The summed E-state index contributed by atoms with van der Waals surface area (Å²) in [6.07, 6.45) is 8.53. The van der Waals surface area contributed by atoms with E-state index in [0.717, 1.165) is 37.5 Å². The van der Waals surface area contributed by atoms with Crippen molar-refractivity contribution in [3.63, 3.8) is 0 Å². The molecule has 2 aliphatic rings. The second kappa shape index (κ2) is 8.95. The number of H-pyrrole nitrogens is 1. The topological polar surface area (TPSA) is 86.5 Å². The maximum atomic E-state index is 12.8. The number of nitrogens with one attached hydrogen (secondary N) is 3. The number of Topliss-reactive ketones (excluding diaryl/α,β-unsaturated/α-hetero) is 1. The number of benzene rings is 1. The van der Waals surface area contributed by atoms with Gasteiger partial charge in [0.1, 0.15) is 0 Å². The molecule has 0 saturated carbocycles. The van der Waals surface area contributed by atoms with Crippen LogP contribution in [0.2, 0.25) is 0 Å². The van der Waals surface area contributed by atoms with Crippen LogP contribution < -0.4 is 10.6 Å². The lowest BCUT2D eigenvalue weighted by Gasteiger charge is -2.27. The minimum atomic E-state index is -0.0971. The molecule has 1 aliphatic carbocycles. The predicted octanol–water partition coefficient (Wildman–Crippen LogP) is 3.61. The lowest BCUT2D eigenvalue weighted by atomic mass is 9.85. The highest BCUT2D eigenvalue weighted by Gasteiger charge is 2.22. The number of hydrogen-bond donors (Lipinski definition) is 3. The molecule has 4 rings (SSSR count). The fourth-order valence-electron chi connectivity index (χ4n) is 4.12. The Morgan fingerprint density at radius 3 is 2.80 bits per heavy atom. The lowest BCUT2D eigenvalue weighted by molar-refractivity contribution is 0.0984. The molecule has 0 spiro atoms. The van der Waals surface area contributed by atoms with E-state index in [1.165, 1.54) is 35.7 Å². The SMILES string of the molecule is [C-]#[N+]c1cnc(C(=O)Cc2ccc(C3CNC(=NC)NC3)cc2C2=CCCCC2)[nH]1. The van der Waals surface area contributed by atoms with Crippen LogP contribution in [0.3, 0.4) is 0 Å². The summed E-state index contributed by atoms with van der Waals surface area (Å²) in [7, 11) is 1.77. The second-order valence-electron chi connectivity index (χ2n) is 7.75. The van der Waals surface area contributed by atoms with Crippen molar-refractivity contribution in [3.05, 3.63) is 64.4 Å². The molecule has 7 heteroatoms. The predicted molar refractivity (Wildman–Crippen MR) is 118 cm³/mol. The number of ketones is 1. The summed E-state index contributed by atoms with van der Waals surface area (Å²) in [5.41, 5.74) is 4.79. The molecule has 2 heterocycles. The number of aromatic nitrogens is 2. The highest BCUT2D eigenvalue weighted by molar-refractivity contribution is 5.95. The van der Waals surface area contributed by atoms with Gasteiger partial charge in [0.05, 0.1) is 6.20 Å². The molecule has 0 radical (unpaired) electrons. The van der Waals surface area contributed by atoms with Crippen molar-refractivity contribution < 1.29 is 4.79 Å². The van der Waals surface area contributed by atoms with Crippen molar-refractivity contribution in [1.29, 1.82) is 0 Å². The average molecular weight is 403 g/mol. The molecule has 0 atom stereocenters. The molecule has 1 aromatic carbocycles. The van der Waals surface area contributed by atoms with Gasteiger partial charge in [0.2, 0.25) is 17.4 Å². The van der Waals surface area contributed by atoms with Gasteiger partial charge in [-0.2, -0.15) is 0 Å². The average Bonchev–Trinajstić information content (AvgIpc) is 3.30. The maximum Gasteiger partial charge on any atom is 0.248 e. The summed E-state index contributed by atoms with van der Waals surface area (Å²) in [4.78, 5) is 27.1. The summed E-state index contributed by atoms with van der Waals surface area (Å²) >= 11 is 0. The van der Waals surface area contributed by atoms with Crippen molar-refractivity contribution in [2.75, 3.05) is 20.1 Å². The highest BCUT2D eigenvalue weighted by atomic mass is 16.1. The zero-order valence-corrected chi connectivity index (χ0v) is 17.2. The summed E-state index contributed by atoms with van der Waals surface area (Å²) < 4.78 is 0. The first kappa shape index (κ1) is 19.9. The first-order valence-electron chi connectivity index (χ1n) is 10.4. The summed E-state index contributed by atoms with van der Waals surface area (Å²) in [6.45, 7) is 8.72. The van der Waals surface area contributed by atoms with E-state index in [0.29, 0.717) is 5.92 Å². The molecule has 1 aromatic heterocycles. The molecule has 2 aromatic rings. The number of imidazole rings is 1. The van der Waals surface area contributed by atoms with E-state index >= 15 is 0 Å². The van der Waals surface area contributed by atoms with Gasteiger partial charge in [0.25, 0.3) is 0 Å². The van der Waals surface area contributed by atoms with Gasteiger partial charge in [-0.25, -0.2) is 4.98 Å². The Hall–Kier alpha value is -3.40. The fraction of sp³-hybridized carbons (Fsp3) is 0.391. The van der Waals surface area contributed by atoms with Gasteiger partial charge in [-0.15, -0.1) is 0 Å². The van der Waals surface area contributed by atoms with Crippen LogP contribution >= 0.6 is 0 Å². The van der Waals surface area contributed by atoms with Crippen LogP contribution in [-0.2, 0) is 6.42 Å². The zero-order chi connectivity index (χ0) is 20.9. The molecular weight excluding hydrogens is 376 g/mol. The molecule has 7 nitrogen and oxygen atoms in total. The van der Waals surface area contributed by atoms with Gasteiger partial charge in [-0.3, -0.25) is 14.8 Å². The van der Waals surface area contributed by atoms with Crippen molar-refractivity contribution in [2.24, 2.45) is 4.99 Å². The van der Waals surface area contributed by atoms with Gasteiger partial charge in [-0.05, 0) is 47.9 Å². The monoisotopic (exact) mass is 402 g/mol. The van der Waals surface area contributed by atoms with E-state index < -0.39 is 0 Å². The summed E-state index contributed by atoms with van der Waals surface area (Å²) in [6, 6.07) is 6.47. The van der Waals surface area contributed by atoms with Gasteiger partial charge >= 0.3 is 0 Å². The Morgan fingerprint density at radius 1 is 1.30 bits per heavy atom. The number of aliphatic imine (C=N–C) groups is 1. The Labute approximate surface area is 176 Å². The molecule has 154 valence electrons. The Bertz CT molecular complexity index is 1030. The number of aromatic amines is 1. The van der Waals surface area contributed by atoms with Crippen LogP contribution in [0.15, 0.2) is 35.5 Å². The molecule has 1 fully saturated rings. The molecule has 1 aliphatic heterocycles. The standard InChI is InChI=1S/C23H26N6O/c1-24-21-14-26-22(29-21)20(30)11-17-9-8-16(18-12-27-23(25-2)28-13-18)10-19(17)15-6-4-3-5-7-15/h6,8-10,14,18H,3-5,7,11-13H2,2H3,(H,26,29)(H2,25,27,28). The first-order chi connectivity index (χ1) is 14.7. The van der Waals surface area contributed by atoms with Crippen molar-refractivity contribution >= 4 is 23.1 Å². The van der Waals surface area contributed by atoms with E-state index in [1.54, 1.807) is 7.05 Å². The van der Waals surface area contributed by atoms with Crippen molar-refractivity contribution in [1.82, 2.24) is 20.6 Å². The Morgan fingerprint density at radius 2 is 2.13 bits per heavy atom. The highest BCUT2D eigenvalue weighted by Crippen LogP contribution is 2.32. The van der Waals surface area contributed by atoms with Crippen LogP contribution in [0.5, 0.6) is 0 Å². The van der Waals surface area contributed by atoms with Gasteiger partial charge in [0, 0.05) is 32.5 Å². The number of guanidine groups is 1. The number of carbonyl (C=O) groups is 1. The Balaban J connectivity index is 1.61. The molecule has 3 N–H and O–H groups in total. The number of hydrogen-bond acceptors (Lipinski definition) is 3. The van der Waals surface area contributed by atoms with Crippen LogP contribution in [0.25, 0.3) is 10.4 Å². The van der Waals surface area contributed by atoms with Crippen LogP contribution in [0.4, 0.5) is 5.82 Å². The normalized spacial score (nSPS) is 18.6. The largest absolute Gasteiger partial charge is 0.363 e. The third-order valence-corrected chi connectivity index (χ3v) is 5.80. The number of rotatable bonds is 5. The maximum absolute atomic E-state index is 12.8. The third kappa shape index (κ3) is 4.28. The van der Waals surface area contributed by atoms with Crippen molar-refractivity contribution in [2.45, 2.75) is 38.0 Å².